The predicted molar refractivity (Wildman–Crippen MR) is 276 cm³/mol. The van der Waals surface area contributed by atoms with Gasteiger partial charge in [-0.15, -0.1) is 0 Å². The molecule has 0 spiro atoms. The van der Waals surface area contributed by atoms with Gasteiger partial charge in [0.15, 0.2) is 6.23 Å². The summed E-state index contributed by atoms with van der Waals surface area (Å²) < 4.78 is 14.2. The van der Waals surface area contributed by atoms with Crippen LogP contribution in [0, 0.1) is 6.92 Å². The van der Waals surface area contributed by atoms with E-state index in [1.807, 2.05) is 69.6 Å². The van der Waals surface area contributed by atoms with Crippen molar-refractivity contribution < 1.29 is 49.3 Å². The largest absolute Gasteiger partial charge is 0.435 e. The second-order valence-corrected chi connectivity index (χ2v) is 15.5. The fourth-order valence-corrected chi connectivity index (χ4v) is 6.08. The zero-order valence-electron chi connectivity index (χ0n) is 43.2. The second kappa shape index (κ2) is 37.4. The Kier molecular flexibility index (Phi) is 36.0. The molecule has 6 rings (SSSR count). The van der Waals surface area contributed by atoms with E-state index >= 15 is 0 Å². The van der Waals surface area contributed by atoms with Crippen LogP contribution in [-0.2, 0) is 25.0 Å². The van der Waals surface area contributed by atoms with Gasteiger partial charge in [-0.2, -0.15) is 0 Å². The van der Waals surface area contributed by atoms with Gasteiger partial charge in [0.2, 0.25) is 18.1 Å². The highest BCUT2D eigenvalue weighted by molar-refractivity contribution is 5.95. The molecule has 3 aromatic rings. The number of hydrogen-bond donors (Lipinski definition) is 7. The first-order valence-electron chi connectivity index (χ1n) is 23.7. The summed E-state index contributed by atoms with van der Waals surface area (Å²) in [5.41, 5.74) is 5.44. The van der Waals surface area contributed by atoms with E-state index < -0.39 is 23.9 Å². The Morgan fingerprint density at radius 1 is 0.866 bits per heavy atom. The molecule has 3 aliphatic rings. The van der Waals surface area contributed by atoms with Crippen molar-refractivity contribution >= 4 is 46.9 Å². The maximum absolute atomic E-state index is 11.2. The van der Waals surface area contributed by atoms with Gasteiger partial charge in [0.1, 0.15) is 5.75 Å². The van der Waals surface area contributed by atoms with Crippen LogP contribution in [0.2, 0.25) is 0 Å². The van der Waals surface area contributed by atoms with Crippen LogP contribution in [-0.4, -0.2) is 122 Å². The summed E-state index contributed by atoms with van der Waals surface area (Å²) >= 11 is 0. The van der Waals surface area contributed by atoms with Crippen LogP contribution in [0.1, 0.15) is 137 Å². The van der Waals surface area contributed by atoms with Gasteiger partial charge >= 0.3 is 5.97 Å². The minimum Gasteiger partial charge on any atom is -0.435 e. The number of carbonyl (C=O) groups is 2. The standard InChI is InChI=1S/C29H32N2O3.C7H12N2O5.C4H9N.2C3H8.2C2H6O.C2H6/c1-5-8-12-30-26(7-3)20-10-11-23-24-15-21-14-19(4)27(31-13-9-6-2)17-22(21)18-28(24)34-29(32,33)25(23)16-20;10-4-8-3-5(11)9-2-1-7(13,14)6(9)12;1-2-4-5-3-1;4*1-3-2;1-2/h7,10-18,32-33H,5-6,8-9H2,1-4H3;4,6,12-14H,1-3H2,(H,8,10);5H,1-4H2;2*3H2,1-2H3;2*1-2H3;1-2H3/b26-7-,30-12?,31-13?;;;;;;;. The molecule has 15 nitrogen and oxygen atoms in total. The number of methoxy groups -OCH3 is 2. The molecular weight excluding hydrogens is 855 g/mol. The van der Waals surface area contributed by atoms with Gasteiger partial charge in [0, 0.05) is 65.0 Å². The highest BCUT2D eigenvalue weighted by Crippen LogP contribution is 2.46. The van der Waals surface area contributed by atoms with Gasteiger partial charge < -0.3 is 55.3 Å². The molecular formula is C52H87N5O10. The Balaban J connectivity index is 0. The number of ether oxygens (including phenoxy) is 3. The number of rotatable bonds is 10. The molecule has 0 aliphatic carbocycles. The van der Waals surface area contributed by atoms with Crippen molar-refractivity contribution in [3.05, 3.63) is 65.2 Å². The van der Waals surface area contributed by atoms with E-state index in [0.29, 0.717) is 17.7 Å². The molecule has 2 amide bonds. The van der Waals surface area contributed by atoms with Crippen LogP contribution in [0.5, 0.6) is 5.75 Å². The van der Waals surface area contributed by atoms with Gasteiger partial charge in [-0.3, -0.25) is 19.6 Å². The summed E-state index contributed by atoms with van der Waals surface area (Å²) in [4.78, 5) is 31.2. The Bertz CT molecular complexity index is 1880. The van der Waals surface area contributed by atoms with Gasteiger partial charge in [0.05, 0.1) is 23.5 Å². The Hall–Kier alpha value is -4.58. The second-order valence-electron chi connectivity index (χ2n) is 15.5. The number of aliphatic imine (C=N–C) groups is 2. The maximum atomic E-state index is 11.2. The van der Waals surface area contributed by atoms with Crippen molar-refractivity contribution in [2.45, 2.75) is 145 Å². The van der Waals surface area contributed by atoms with Crippen molar-refractivity contribution in [1.29, 1.82) is 0 Å². The van der Waals surface area contributed by atoms with Gasteiger partial charge in [0.25, 0.3) is 0 Å². The molecule has 0 bridgehead atoms. The first-order chi connectivity index (χ1) is 32.0. The lowest BCUT2D eigenvalue weighted by Crippen LogP contribution is -2.48. The molecule has 67 heavy (non-hydrogen) atoms. The van der Waals surface area contributed by atoms with Crippen LogP contribution in [0.4, 0.5) is 5.69 Å². The SMILES string of the molecule is C/C=C(\N=CCCC)c1ccc2c(c1)C(O)(O)Oc1cc3cc(N=CCCC)c(C)cc3cc1-2.C1CCNC1.CC.CCC.CCC.COC.COC.O=CNCC(=O)N1CCC(O)(O)C1O. The molecule has 380 valence electrons. The Morgan fingerprint density at radius 2 is 1.42 bits per heavy atom. The van der Waals surface area contributed by atoms with E-state index in [2.05, 4.69) is 84.6 Å². The van der Waals surface area contributed by atoms with E-state index in [1.165, 1.54) is 38.8 Å². The molecule has 2 fully saturated rings. The van der Waals surface area contributed by atoms with Crippen LogP contribution < -0.4 is 15.4 Å². The Morgan fingerprint density at radius 3 is 1.90 bits per heavy atom. The summed E-state index contributed by atoms with van der Waals surface area (Å²) in [6.45, 7) is 23.0. The number of likely N-dealkylation sites (tertiary alicyclic amines) is 1. The zero-order valence-corrected chi connectivity index (χ0v) is 43.2. The van der Waals surface area contributed by atoms with Crippen LogP contribution >= 0.6 is 0 Å². The number of benzene rings is 3. The fraction of sp³-hybridized carbons (Fsp3) is 0.577. The summed E-state index contributed by atoms with van der Waals surface area (Å²) in [6, 6.07) is 13.6. The van der Waals surface area contributed by atoms with Gasteiger partial charge in [-0.25, -0.2) is 0 Å². The first-order valence-corrected chi connectivity index (χ1v) is 23.7. The van der Waals surface area contributed by atoms with Crippen molar-refractivity contribution in [3.63, 3.8) is 0 Å². The molecule has 1 atom stereocenters. The monoisotopic (exact) mass is 942 g/mol. The van der Waals surface area contributed by atoms with Crippen molar-refractivity contribution in [1.82, 2.24) is 15.5 Å². The number of nitrogens with zero attached hydrogens (tertiary/aromatic N) is 3. The number of aryl methyl sites for hydroxylation is 1. The molecule has 2 saturated heterocycles. The number of carbonyl (C=O) groups excluding carboxylic acids is 2. The summed E-state index contributed by atoms with van der Waals surface area (Å²) in [7, 11) is 6.50. The lowest BCUT2D eigenvalue weighted by molar-refractivity contribution is -0.305. The number of unbranched alkanes of at least 4 members (excludes halogenated alkanes) is 2. The van der Waals surface area contributed by atoms with Crippen LogP contribution in [0.25, 0.3) is 27.6 Å². The van der Waals surface area contributed by atoms with E-state index in [1.54, 1.807) is 34.5 Å². The van der Waals surface area contributed by atoms with Crippen molar-refractivity contribution in [2.75, 3.05) is 54.6 Å². The lowest BCUT2D eigenvalue weighted by atomic mass is 9.90. The van der Waals surface area contributed by atoms with E-state index in [4.69, 9.17) is 14.9 Å². The van der Waals surface area contributed by atoms with E-state index in [-0.39, 0.29) is 19.5 Å². The molecule has 3 aromatic carbocycles. The smallest absolute Gasteiger partial charge is 0.351 e. The number of aliphatic hydroxyl groups excluding tert-OH is 1. The van der Waals surface area contributed by atoms with Crippen molar-refractivity contribution in [3.8, 4) is 16.9 Å². The number of aliphatic hydroxyl groups is 5. The normalized spacial score (nSPS) is 15.8. The predicted octanol–water partition coefficient (Wildman–Crippen LogP) is 8.75. The summed E-state index contributed by atoms with van der Waals surface area (Å²) in [6.07, 6.45) is 13.5. The molecule has 1 unspecified atom stereocenters. The molecule has 0 aromatic heterocycles. The molecule has 3 aliphatic heterocycles. The number of allylic oxidation sites excluding steroid dienone is 1. The fourth-order valence-electron chi connectivity index (χ4n) is 6.08. The third-order valence-electron chi connectivity index (χ3n) is 9.08. The number of amides is 2. The molecule has 0 saturated carbocycles. The quantitative estimate of drug-likeness (QED) is 0.0580. The van der Waals surface area contributed by atoms with E-state index in [9.17, 15) is 24.9 Å². The highest BCUT2D eigenvalue weighted by Gasteiger charge is 2.45. The number of fused-ring (bicyclic) bond motifs is 4. The average Bonchev–Trinajstić information content (AvgIpc) is 3.98. The van der Waals surface area contributed by atoms with Crippen molar-refractivity contribution in [2.24, 2.45) is 9.98 Å². The number of nitrogens with one attached hydrogen (secondary N) is 2. The number of hydrogen-bond acceptors (Lipinski definition) is 13. The molecule has 7 N–H and O–H groups in total. The molecule has 0 radical (unpaired) electrons. The minimum absolute atomic E-state index is 0.0491. The summed E-state index contributed by atoms with van der Waals surface area (Å²) in [5.74, 6) is -4.83. The highest BCUT2D eigenvalue weighted by atomic mass is 16.8. The summed E-state index contributed by atoms with van der Waals surface area (Å²) in [5, 5.41) is 56.5. The minimum atomic E-state index is -2.44. The van der Waals surface area contributed by atoms with Gasteiger partial charge in [-0.05, 0) is 105 Å². The topological polar surface area (TPSA) is 215 Å². The zero-order chi connectivity index (χ0) is 51.4. The lowest BCUT2D eigenvalue weighted by Gasteiger charge is -2.32. The molecule has 15 heteroatoms. The third kappa shape index (κ3) is 23.3. The van der Waals surface area contributed by atoms with Gasteiger partial charge in [-0.1, -0.05) is 99.3 Å². The molecule has 3 heterocycles. The van der Waals surface area contributed by atoms with Crippen LogP contribution in [0.3, 0.4) is 0 Å². The van der Waals surface area contributed by atoms with E-state index in [0.717, 1.165) is 75.0 Å². The Labute approximate surface area is 402 Å². The maximum Gasteiger partial charge on any atom is 0.351 e. The van der Waals surface area contributed by atoms with Crippen LogP contribution in [0.15, 0.2) is 58.5 Å². The first kappa shape index (κ1) is 64.5. The average molecular weight is 942 g/mol. The third-order valence-corrected chi connectivity index (χ3v) is 9.08.